The molecule has 0 spiro atoms. The molecule has 6 rings (SSSR count). The maximum absolute atomic E-state index is 6.41. The second-order valence-corrected chi connectivity index (χ2v) is 8.02. The molecular weight excluding hydrogens is 418 g/mol. The first-order valence-corrected chi connectivity index (χ1v) is 10.8. The smallest absolute Gasteiger partial charge is 0.199 e. The molecule has 2 heterocycles. The van der Waals surface area contributed by atoms with Crippen molar-refractivity contribution < 1.29 is 4.42 Å². The van der Waals surface area contributed by atoms with Crippen LogP contribution >= 0.6 is 11.6 Å². The summed E-state index contributed by atoms with van der Waals surface area (Å²) in [6.45, 7) is 0. The van der Waals surface area contributed by atoms with Gasteiger partial charge in [-0.1, -0.05) is 84.9 Å². The fourth-order valence-corrected chi connectivity index (χ4v) is 4.36. The van der Waals surface area contributed by atoms with E-state index in [0.717, 1.165) is 38.6 Å². The van der Waals surface area contributed by atoms with E-state index in [-0.39, 0.29) is 6.17 Å². The number of nitrogens with one attached hydrogen (secondary N) is 1. The van der Waals surface area contributed by atoms with Gasteiger partial charge in [0.25, 0.3) is 0 Å². The number of hydrogen-bond acceptors (Lipinski definition) is 4. The van der Waals surface area contributed by atoms with Crippen molar-refractivity contribution in [3.63, 3.8) is 0 Å². The monoisotopic (exact) mass is 435 g/mol. The van der Waals surface area contributed by atoms with Gasteiger partial charge in [0.1, 0.15) is 17.3 Å². The van der Waals surface area contributed by atoms with Gasteiger partial charge in [-0.2, -0.15) is 0 Å². The molecule has 1 aromatic heterocycles. The van der Waals surface area contributed by atoms with E-state index in [2.05, 4.69) is 46.7 Å². The molecule has 0 radical (unpaired) electrons. The minimum Gasteiger partial charge on any atom is -0.456 e. The zero-order valence-electron chi connectivity index (χ0n) is 17.0. The van der Waals surface area contributed by atoms with Crippen molar-refractivity contribution in [2.75, 3.05) is 0 Å². The number of hydrogen-bond donors (Lipinski definition) is 1. The number of fused-ring (bicyclic) bond motifs is 3. The van der Waals surface area contributed by atoms with Gasteiger partial charge in [0, 0.05) is 21.9 Å². The minimum atomic E-state index is -0.367. The van der Waals surface area contributed by atoms with Crippen molar-refractivity contribution in [1.82, 2.24) is 5.32 Å². The van der Waals surface area contributed by atoms with E-state index >= 15 is 0 Å². The van der Waals surface area contributed by atoms with Crippen molar-refractivity contribution in [1.29, 1.82) is 0 Å². The topological polar surface area (TPSA) is 49.9 Å². The van der Waals surface area contributed by atoms with Gasteiger partial charge in [0.2, 0.25) is 0 Å². The Labute approximate surface area is 189 Å². The zero-order valence-corrected chi connectivity index (χ0v) is 17.8. The van der Waals surface area contributed by atoms with E-state index in [1.165, 1.54) is 5.56 Å². The highest BCUT2D eigenvalue weighted by Crippen LogP contribution is 2.35. The number of para-hydroxylation sites is 1. The Morgan fingerprint density at radius 3 is 2.22 bits per heavy atom. The third-order valence-electron chi connectivity index (χ3n) is 5.69. The Bertz CT molecular complexity index is 1500. The number of amidine groups is 2. The van der Waals surface area contributed by atoms with Crippen molar-refractivity contribution in [3.05, 3.63) is 108 Å². The summed E-state index contributed by atoms with van der Waals surface area (Å²) in [7, 11) is 0. The maximum atomic E-state index is 6.41. The van der Waals surface area contributed by atoms with Crippen LogP contribution in [0.1, 0.15) is 17.3 Å². The molecule has 1 N–H and O–H groups in total. The molecule has 1 aliphatic heterocycles. The van der Waals surface area contributed by atoms with Gasteiger partial charge >= 0.3 is 0 Å². The fraction of sp³-hybridized carbons (Fsp3) is 0.0370. The van der Waals surface area contributed by atoms with E-state index < -0.39 is 0 Å². The van der Waals surface area contributed by atoms with Crippen LogP contribution in [0.25, 0.3) is 33.1 Å². The average molecular weight is 436 g/mol. The minimum absolute atomic E-state index is 0.317. The summed E-state index contributed by atoms with van der Waals surface area (Å²) < 4.78 is 6.04. The Hall–Kier alpha value is -3.89. The summed E-state index contributed by atoms with van der Waals surface area (Å²) in [6.07, 6.45) is -0.367. The molecule has 5 aromatic rings. The third kappa shape index (κ3) is 3.26. The predicted molar refractivity (Wildman–Crippen MR) is 131 cm³/mol. The van der Waals surface area contributed by atoms with E-state index in [1.54, 1.807) is 0 Å². The van der Waals surface area contributed by atoms with Crippen molar-refractivity contribution in [3.8, 4) is 11.1 Å². The molecule has 0 bridgehead atoms. The first kappa shape index (κ1) is 18.8. The molecule has 1 aliphatic rings. The number of halogens is 1. The lowest BCUT2D eigenvalue weighted by atomic mass is 10.0. The highest BCUT2D eigenvalue weighted by Gasteiger charge is 2.22. The summed E-state index contributed by atoms with van der Waals surface area (Å²) in [5.41, 5.74) is 5.91. The average Bonchev–Trinajstić information content (AvgIpc) is 3.23. The van der Waals surface area contributed by atoms with Crippen molar-refractivity contribution >= 4 is 44.7 Å². The number of benzene rings is 4. The van der Waals surface area contributed by atoms with Crippen LogP contribution in [0.5, 0.6) is 0 Å². The molecule has 154 valence electrons. The summed E-state index contributed by atoms with van der Waals surface area (Å²) in [5, 5.41) is 5.61. The maximum Gasteiger partial charge on any atom is 0.199 e. The molecule has 0 fully saturated rings. The van der Waals surface area contributed by atoms with E-state index in [4.69, 9.17) is 21.0 Å². The number of nitrogens with zero attached hydrogens (tertiary/aromatic N) is 2. The molecule has 0 saturated carbocycles. The largest absolute Gasteiger partial charge is 0.456 e. The molecule has 4 aromatic carbocycles. The van der Waals surface area contributed by atoms with Gasteiger partial charge in [0.05, 0.1) is 0 Å². The molecule has 0 amide bonds. The number of furan rings is 1. The quantitative estimate of drug-likeness (QED) is 0.313. The Morgan fingerprint density at radius 2 is 1.38 bits per heavy atom. The lowest BCUT2D eigenvalue weighted by Gasteiger charge is -2.21. The van der Waals surface area contributed by atoms with Crippen LogP contribution in [0.3, 0.4) is 0 Å². The van der Waals surface area contributed by atoms with Crippen LogP contribution in [-0.2, 0) is 0 Å². The van der Waals surface area contributed by atoms with Crippen LogP contribution in [0, 0.1) is 0 Å². The van der Waals surface area contributed by atoms with E-state index in [1.807, 2.05) is 60.7 Å². The first-order chi connectivity index (χ1) is 15.8. The second-order valence-electron chi connectivity index (χ2n) is 7.66. The molecule has 1 atom stereocenters. The molecule has 5 heteroatoms. The van der Waals surface area contributed by atoms with Gasteiger partial charge in [-0.25, -0.2) is 9.98 Å². The third-order valence-corrected chi connectivity index (χ3v) is 5.88. The van der Waals surface area contributed by atoms with Gasteiger partial charge < -0.3 is 9.73 Å². The van der Waals surface area contributed by atoms with E-state index in [9.17, 15) is 0 Å². The van der Waals surface area contributed by atoms with E-state index in [0.29, 0.717) is 11.1 Å². The standard InChI is InChI=1S/C27H18ClN3O/c28-27-30-25(19-15-13-18(14-16-19)17-7-2-1-3-8-17)29-26(31-27)21-10-6-12-23-24(21)20-9-4-5-11-22(20)32-23/h1-16,26H,(H,29,30,31). The highest BCUT2D eigenvalue weighted by molar-refractivity contribution is 6.65. The molecular formula is C27H18ClN3O. The molecule has 0 aliphatic carbocycles. The summed E-state index contributed by atoms with van der Waals surface area (Å²) in [5.74, 6) is 0.600. The zero-order chi connectivity index (χ0) is 21.5. The van der Waals surface area contributed by atoms with Gasteiger partial charge in [0.15, 0.2) is 11.1 Å². The first-order valence-electron chi connectivity index (χ1n) is 10.4. The fourth-order valence-electron chi connectivity index (χ4n) is 4.18. The molecule has 0 saturated heterocycles. The van der Waals surface area contributed by atoms with Crippen LogP contribution in [-0.4, -0.2) is 11.1 Å². The number of aliphatic imine (C=N–C) groups is 2. The van der Waals surface area contributed by atoms with Crippen LogP contribution in [0.4, 0.5) is 0 Å². The number of rotatable bonds is 3. The molecule has 1 unspecified atom stereocenters. The van der Waals surface area contributed by atoms with Crippen molar-refractivity contribution in [2.45, 2.75) is 6.17 Å². The SMILES string of the molecule is ClC1=NC(c2ccc(-c3ccccc3)cc2)=NC(c2cccc3oc4ccccc4c23)N1. The lowest BCUT2D eigenvalue weighted by Crippen LogP contribution is -2.29. The summed E-state index contributed by atoms with van der Waals surface area (Å²) in [4.78, 5) is 9.36. The Kier molecular flexibility index (Phi) is 4.51. The van der Waals surface area contributed by atoms with Gasteiger partial charge in [-0.15, -0.1) is 0 Å². The lowest BCUT2D eigenvalue weighted by molar-refractivity contribution is 0.663. The van der Waals surface area contributed by atoms with Crippen LogP contribution in [0.15, 0.2) is 111 Å². The molecule has 32 heavy (non-hydrogen) atoms. The van der Waals surface area contributed by atoms with Crippen LogP contribution in [0.2, 0.25) is 0 Å². The summed E-state index contributed by atoms with van der Waals surface area (Å²) in [6, 6.07) is 32.5. The highest BCUT2D eigenvalue weighted by atomic mass is 35.5. The van der Waals surface area contributed by atoms with Crippen LogP contribution < -0.4 is 5.32 Å². The Morgan fingerprint density at radius 1 is 0.688 bits per heavy atom. The van der Waals surface area contributed by atoms with Crippen molar-refractivity contribution in [2.24, 2.45) is 9.98 Å². The van der Waals surface area contributed by atoms with Gasteiger partial charge in [-0.05, 0) is 34.9 Å². The molecule has 4 nitrogen and oxygen atoms in total. The normalized spacial score (nSPS) is 16.0. The van der Waals surface area contributed by atoms with Gasteiger partial charge in [-0.3, -0.25) is 0 Å². The predicted octanol–water partition coefficient (Wildman–Crippen LogP) is 6.90. The Balaban J connectivity index is 1.42. The summed E-state index contributed by atoms with van der Waals surface area (Å²) >= 11 is 6.41. The second kappa shape index (κ2) is 7.66.